The summed E-state index contributed by atoms with van der Waals surface area (Å²) >= 11 is 3.17. The van der Waals surface area contributed by atoms with Gasteiger partial charge in [0.1, 0.15) is 5.82 Å². The van der Waals surface area contributed by atoms with Crippen LogP contribution in [0, 0.1) is 11.7 Å². The molecule has 1 atom stereocenters. The van der Waals surface area contributed by atoms with Gasteiger partial charge in [0.15, 0.2) is 0 Å². The molecule has 0 aliphatic heterocycles. The third-order valence-corrected chi connectivity index (χ3v) is 3.01. The molecule has 0 radical (unpaired) electrons. The van der Waals surface area contributed by atoms with Gasteiger partial charge in [-0.25, -0.2) is 4.39 Å². The lowest BCUT2D eigenvalue weighted by Crippen LogP contribution is -2.32. The van der Waals surface area contributed by atoms with Gasteiger partial charge in [-0.05, 0) is 47.6 Å². The summed E-state index contributed by atoms with van der Waals surface area (Å²) in [5.41, 5.74) is 0.0594. The molecule has 0 saturated heterocycles. The van der Waals surface area contributed by atoms with Gasteiger partial charge in [0, 0.05) is 11.0 Å². The minimum absolute atomic E-state index is 0.0594. The van der Waals surface area contributed by atoms with Crippen LogP contribution in [0.1, 0.15) is 17.3 Å². The fourth-order valence-electron chi connectivity index (χ4n) is 1.49. The Morgan fingerprint density at radius 1 is 1.47 bits per heavy atom. The van der Waals surface area contributed by atoms with E-state index in [1.165, 1.54) is 6.07 Å². The molecule has 3 nitrogen and oxygen atoms in total. The first kappa shape index (κ1) is 14.1. The van der Waals surface area contributed by atoms with Crippen molar-refractivity contribution in [2.24, 2.45) is 5.92 Å². The highest BCUT2D eigenvalue weighted by Crippen LogP contribution is 2.19. The van der Waals surface area contributed by atoms with Gasteiger partial charge in [0.05, 0.1) is 5.56 Å². The summed E-state index contributed by atoms with van der Waals surface area (Å²) in [5.74, 6) is -0.606. The smallest absolute Gasteiger partial charge is 0.255 e. The summed E-state index contributed by atoms with van der Waals surface area (Å²) < 4.78 is 13.9. The number of hydrogen-bond acceptors (Lipinski definition) is 2. The zero-order valence-corrected chi connectivity index (χ0v) is 11.5. The van der Waals surface area contributed by atoms with Crippen LogP contribution in [0.4, 0.5) is 4.39 Å². The number of nitrogens with one attached hydrogen (secondary N) is 2. The second-order valence-electron chi connectivity index (χ2n) is 3.97. The van der Waals surface area contributed by atoms with Crippen LogP contribution in [-0.2, 0) is 0 Å². The van der Waals surface area contributed by atoms with Gasteiger partial charge in [-0.3, -0.25) is 4.79 Å². The molecule has 1 unspecified atom stereocenters. The molecule has 17 heavy (non-hydrogen) atoms. The molecule has 1 rings (SSSR count). The summed E-state index contributed by atoms with van der Waals surface area (Å²) in [4.78, 5) is 11.8. The molecule has 1 amide bonds. The summed E-state index contributed by atoms with van der Waals surface area (Å²) in [6, 6.07) is 4.48. The standard InChI is InChI=1S/C12H16BrFN2O/c1-8(6-15-2)7-16-12(17)11-9(13)4-3-5-10(11)14/h3-5,8,15H,6-7H2,1-2H3,(H,16,17). The third-order valence-electron chi connectivity index (χ3n) is 2.35. The zero-order chi connectivity index (χ0) is 12.8. The van der Waals surface area contributed by atoms with E-state index >= 15 is 0 Å². The van der Waals surface area contributed by atoms with Crippen molar-refractivity contribution in [3.05, 3.63) is 34.1 Å². The van der Waals surface area contributed by atoms with E-state index < -0.39 is 11.7 Å². The Balaban J connectivity index is 2.64. The lowest BCUT2D eigenvalue weighted by Gasteiger charge is -2.12. The molecule has 1 aromatic carbocycles. The van der Waals surface area contributed by atoms with Crippen LogP contribution in [0.25, 0.3) is 0 Å². The normalized spacial score (nSPS) is 12.2. The minimum Gasteiger partial charge on any atom is -0.352 e. The molecule has 94 valence electrons. The van der Waals surface area contributed by atoms with E-state index in [0.717, 1.165) is 6.54 Å². The van der Waals surface area contributed by atoms with Crippen molar-refractivity contribution in [2.75, 3.05) is 20.1 Å². The highest BCUT2D eigenvalue weighted by Gasteiger charge is 2.15. The lowest BCUT2D eigenvalue weighted by molar-refractivity contribution is 0.0943. The quantitative estimate of drug-likeness (QED) is 0.875. The minimum atomic E-state index is -0.516. The van der Waals surface area contributed by atoms with Gasteiger partial charge in [-0.15, -0.1) is 0 Å². The van der Waals surface area contributed by atoms with Crippen LogP contribution in [0.15, 0.2) is 22.7 Å². The van der Waals surface area contributed by atoms with Crippen molar-refractivity contribution in [3.8, 4) is 0 Å². The molecular formula is C12H16BrFN2O. The van der Waals surface area contributed by atoms with Crippen molar-refractivity contribution in [1.29, 1.82) is 0 Å². The van der Waals surface area contributed by atoms with E-state index in [1.54, 1.807) is 12.1 Å². The molecule has 0 aliphatic carbocycles. The molecule has 0 aliphatic rings. The lowest BCUT2D eigenvalue weighted by atomic mass is 10.1. The van der Waals surface area contributed by atoms with Gasteiger partial charge in [-0.2, -0.15) is 0 Å². The molecule has 1 aromatic rings. The van der Waals surface area contributed by atoms with E-state index in [4.69, 9.17) is 0 Å². The second-order valence-corrected chi connectivity index (χ2v) is 4.82. The Bertz CT molecular complexity index is 378. The number of amides is 1. The molecule has 0 heterocycles. The monoisotopic (exact) mass is 302 g/mol. The van der Waals surface area contributed by atoms with Crippen LogP contribution in [-0.4, -0.2) is 26.0 Å². The molecular weight excluding hydrogens is 287 g/mol. The molecule has 0 aromatic heterocycles. The van der Waals surface area contributed by atoms with Crippen LogP contribution >= 0.6 is 15.9 Å². The van der Waals surface area contributed by atoms with E-state index in [0.29, 0.717) is 16.9 Å². The molecule has 5 heteroatoms. The molecule has 0 spiro atoms. The van der Waals surface area contributed by atoms with Crippen LogP contribution in [0.5, 0.6) is 0 Å². The summed E-state index contributed by atoms with van der Waals surface area (Å²) in [6.07, 6.45) is 0. The zero-order valence-electron chi connectivity index (χ0n) is 9.89. The molecule has 2 N–H and O–H groups in total. The van der Waals surface area contributed by atoms with Gasteiger partial charge in [0.2, 0.25) is 0 Å². The van der Waals surface area contributed by atoms with Crippen molar-refractivity contribution in [1.82, 2.24) is 10.6 Å². The topological polar surface area (TPSA) is 41.1 Å². The number of carbonyl (C=O) groups is 1. The summed E-state index contributed by atoms with van der Waals surface area (Å²) in [5, 5.41) is 5.74. The molecule has 0 fully saturated rings. The maximum absolute atomic E-state index is 13.5. The highest BCUT2D eigenvalue weighted by molar-refractivity contribution is 9.10. The second kappa shape index (κ2) is 6.71. The van der Waals surface area contributed by atoms with Crippen molar-refractivity contribution in [2.45, 2.75) is 6.92 Å². The van der Waals surface area contributed by atoms with Crippen molar-refractivity contribution in [3.63, 3.8) is 0 Å². The Morgan fingerprint density at radius 3 is 2.76 bits per heavy atom. The number of benzene rings is 1. The Morgan fingerprint density at radius 2 is 2.18 bits per heavy atom. The Labute approximate surface area is 109 Å². The van der Waals surface area contributed by atoms with Crippen molar-refractivity contribution >= 4 is 21.8 Å². The predicted octanol–water partition coefficient (Wildman–Crippen LogP) is 2.17. The molecule has 0 saturated carbocycles. The average Bonchev–Trinajstić information content (AvgIpc) is 2.26. The van der Waals surface area contributed by atoms with Gasteiger partial charge in [0.25, 0.3) is 5.91 Å². The fourth-order valence-corrected chi connectivity index (χ4v) is 2.01. The van der Waals surface area contributed by atoms with Crippen LogP contribution in [0.2, 0.25) is 0 Å². The van der Waals surface area contributed by atoms with Gasteiger partial charge < -0.3 is 10.6 Å². The largest absolute Gasteiger partial charge is 0.352 e. The maximum atomic E-state index is 13.5. The number of rotatable bonds is 5. The highest BCUT2D eigenvalue weighted by atomic mass is 79.9. The van der Waals surface area contributed by atoms with E-state index in [2.05, 4.69) is 26.6 Å². The van der Waals surface area contributed by atoms with E-state index in [-0.39, 0.29) is 5.56 Å². The predicted molar refractivity (Wildman–Crippen MR) is 69.5 cm³/mol. The first-order valence-electron chi connectivity index (χ1n) is 5.43. The van der Waals surface area contributed by atoms with Crippen LogP contribution < -0.4 is 10.6 Å². The van der Waals surface area contributed by atoms with Crippen molar-refractivity contribution < 1.29 is 9.18 Å². The number of carbonyl (C=O) groups excluding carboxylic acids is 1. The van der Waals surface area contributed by atoms with Gasteiger partial charge >= 0.3 is 0 Å². The SMILES string of the molecule is CNCC(C)CNC(=O)c1c(F)cccc1Br. The maximum Gasteiger partial charge on any atom is 0.255 e. The first-order valence-corrected chi connectivity index (χ1v) is 6.22. The van der Waals surface area contributed by atoms with E-state index in [1.807, 2.05) is 14.0 Å². The average molecular weight is 303 g/mol. The Kier molecular flexibility index (Phi) is 5.58. The Hall–Kier alpha value is -0.940. The first-order chi connectivity index (χ1) is 8.06. The summed E-state index contributed by atoms with van der Waals surface area (Å²) in [6.45, 7) is 3.33. The number of halogens is 2. The third kappa shape index (κ3) is 4.09. The van der Waals surface area contributed by atoms with E-state index in [9.17, 15) is 9.18 Å². The van der Waals surface area contributed by atoms with Gasteiger partial charge in [-0.1, -0.05) is 13.0 Å². The fraction of sp³-hybridized carbons (Fsp3) is 0.417. The summed E-state index contributed by atoms with van der Waals surface area (Å²) in [7, 11) is 1.85. The van der Waals surface area contributed by atoms with Crippen LogP contribution in [0.3, 0.4) is 0 Å². The number of hydrogen-bond donors (Lipinski definition) is 2. The molecule has 0 bridgehead atoms.